The molecule has 1 aliphatic heterocycles. The maximum absolute atomic E-state index is 11.9. The SMILES string of the molecule is O=C(/C=C/c1cccnc1)NCCC1[C@H]2CN(Cc3cc(Cl)cc(Cl)c3)C[C@@H]12. The fraction of sp³-hybridized carbons (Fsp3) is 0.364. The van der Waals surface area contributed by atoms with Crippen LogP contribution in [-0.2, 0) is 11.3 Å². The molecule has 1 amide bonds. The molecular formula is C22H23Cl2N3O. The number of likely N-dealkylation sites (tertiary alicyclic amines) is 1. The fourth-order valence-electron chi connectivity index (χ4n) is 4.32. The van der Waals surface area contributed by atoms with Crippen LogP contribution >= 0.6 is 23.2 Å². The lowest BCUT2D eigenvalue weighted by Crippen LogP contribution is -2.26. The number of pyridine rings is 1. The zero-order chi connectivity index (χ0) is 19.5. The molecule has 2 fully saturated rings. The van der Waals surface area contributed by atoms with Crippen LogP contribution < -0.4 is 5.32 Å². The number of hydrogen-bond acceptors (Lipinski definition) is 3. The highest BCUT2D eigenvalue weighted by atomic mass is 35.5. The summed E-state index contributed by atoms with van der Waals surface area (Å²) in [5.41, 5.74) is 2.10. The average Bonchev–Trinajstić information content (AvgIpc) is 3.11. The standard InChI is InChI=1S/C22H23Cl2N3O/c23-17-8-16(9-18(24)10-17)12-27-13-20-19(21(20)14-27)5-7-26-22(28)4-3-15-2-1-6-25-11-15/h1-4,6,8-11,19-21H,5,7,12-14H2,(H,26,28)/b4-3+/t19?,20-,21+. The number of carbonyl (C=O) groups excluding carboxylic acids is 1. The zero-order valence-corrected chi connectivity index (χ0v) is 17.0. The summed E-state index contributed by atoms with van der Waals surface area (Å²) in [6, 6.07) is 9.52. The normalized spacial score (nSPS) is 23.7. The lowest BCUT2D eigenvalue weighted by molar-refractivity contribution is -0.116. The molecule has 1 aliphatic carbocycles. The number of amides is 1. The largest absolute Gasteiger partial charge is 0.353 e. The highest BCUT2D eigenvalue weighted by Gasteiger charge is 2.54. The van der Waals surface area contributed by atoms with Crippen molar-refractivity contribution < 1.29 is 4.79 Å². The number of carbonyl (C=O) groups is 1. The topological polar surface area (TPSA) is 45.2 Å². The second-order valence-corrected chi connectivity index (χ2v) is 8.54. The summed E-state index contributed by atoms with van der Waals surface area (Å²) < 4.78 is 0. The summed E-state index contributed by atoms with van der Waals surface area (Å²) in [6.07, 6.45) is 7.86. The zero-order valence-electron chi connectivity index (χ0n) is 15.5. The first-order valence-electron chi connectivity index (χ1n) is 9.62. The Hall–Kier alpha value is -1.88. The van der Waals surface area contributed by atoms with E-state index in [4.69, 9.17) is 23.2 Å². The van der Waals surface area contributed by atoms with Crippen LogP contribution in [0, 0.1) is 17.8 Å². The summed E-state index contributed by atoms with van der Waals surface area (Å²) in [5.74, 6) is 2.21. The number of benzene rings is 1. The van der Waals surface area contributed by atoms with Gasteiger partial charge < -0.3 is 5.32 Å². The summed E-state index contributed by atoms with van der Waals surface area (Å²) in [4.78, 5) is 18.4. The van der Waals surface area contributed by atoms with E-state index in [1.54, 1.807) is 30.6 Å². The van der Waals surface area contributed by atoms with E-state index in [2.05, 4.69) is 15.2 Å². The molecule has 1 unspecified atom stereocenters. The average molecular weight is 416 g/mol. The third kappa shape index (κ3) is 4.93. The molecule has 0 radical (unpaired) electrons. The third-order valence-corrected chi connectivity index (χ3v) is 6.10. The minimum atomic E-state index is -0.0471. The number of rotatable bonds is 7. The molecule has 0 spiro atoms. The van der Waals surface area contributed by atoms with Gasteiger partial charge >= 0.3 is 0 Å². The van der Waals surface area contributed by atoms with Crippen molar-refractivity contribution in [3.63, 3.8) is 0 Å². The van der Waals surface area contributed by atoms with Crippen molar-refractivity contribution in [1.82, 2.24) is 15.2 Å². The summed E-state index contributed by atoms with van der Waals surface area (Å²) in [5, 5.41) is 4.37. The van der Waals surface area contributed by atoms with Crippen molar-refractivity contribution in [2.45, 2.75) is 13.0 Å². The van der Waals surface area contributed by atoms with Crippen molar-refractivity contribution in [3.8, 4) is 0 Å². The van der Waals surface area contributed by atoms with Gasteiger partial charge in [-0.2, -0.15) is 0 Å². The predicted molar refractivity (Wildman–Crippen MR) is 113 cm³/mol. The molecule has 1 saturated carbocycles. The first-order valence-corrected chi connectivity index (χ1v) is 10.4. The molecule has 146 valence electrons. The molecule has 1 saturated heterocycles. The number of aromatic nitrogens is 1. The minimum Gasteiger partial charge on any atom is -0.353 e. The number of nitrogens with one attached hydrogen (secondary N) is 1. The van der Waals surface area contributed by atoms with E-state index < -0.39 is 0 Å². The number of nitrogens with zero attached hydrogens (tertiary/aromatic N) is 2. The molecule has 0 bridgehead atoms. The van der Waals surface area contributed by atoms with Gasteiger partial charge in [-0.3, -0.25) is 14.7 Å². The molecule has 2 heterocycles. The van der Waals surface area contributed by atoms with Crippen LogP contribution in [0.15, 0.2) is 48.8 Å². The predicted octanol–water partition coefficient (Wildman–Crippen LogP) is 4.29. The molecule has 3 atom stereocenters. The van der Waals surface area contributed by atoms with E-state index >= 15 is 0 Å². The number of fused-ring (bicyclic) bond motifs is 1. The van der Waals surface area contributed by atoms with Gasteiger partial charge in [0.25, 0.3) is 0 Å². The van der Waals surface area contributed by atoms with Crippen LogP contribution in [0.25, 0.3) is 6.08 Å². The van der Waals surface area contributed by atoms with Gasteiger partial charge in [-0.1, -0.05) is 29.3 Å². The third-order valence-electron chi connectivity index (χ3n) is 5.66. The van der Waals surface area contributed by atoms with Crippen LogP contribution in [0.2, 0.25) is 10.0 Å². The van der Waals surface area contributed by atoms with Crippen molar-refractivity contribution in [3.05, 3.63) is 70.0 Å². The van der Waals surface area contributed by atoms with Gasteiger partial charge in [0.15, 0.2) is 0 Å². The molecule has 2 aliphatic rings. The number of piperidine rings is 1. The van der Waals surface area contributed by atoms with E-state index in [1.807, 2.05) is 24.3 Å². The molecule has 1 N–H and O–H groups in total. The second kappa shape index (κ2) is 8.64. The Morgan fingerprint density at radius 2 is 1.96 bits per heavy atom. The summed E-state index contributed by atoms with van der Waals surface area (Å²) in [7, 11) is 0. The van der Waals surface area contributed by atoms with E-state index in [1.165, 1.54) is 5.56 Å². The number of hydrogen-bond donors (Lipinski definition) is 1. The van der Waals surface area contributed by atoms with Crippen molar-refractivity contribution in [1.29, 1.82) is 0 Å². The van der Waals surface area contributed by atoms with E-state index in [0.717, 1.165) is 55.9 Å². The van der Waals surface area contributed by atoms with Gasteiger partial charge in [-0.25, -0.2) is 0 Å². The maximum Gasteiger partial charge on any atom is 0.244 e. The highest BCUT2D eigenvalue weighted by Crippen LogP contribution is 2.53. The second-order valence-electron chi connectivity index (χ2n) is 7.66. The molecule has 4 nitrogen and oxygen atoms in total. The van der Waals surface area contributed by atoms with Crippen molar-refractivity contribution in [2.75, 3.05) is 19.6 Å². The first-order chi connectivity index (χ1) is 13.6. The van der Waals surface area contributed by atoms with Gasteiger partial charge in [-0.05, 0) is 65.6 Å². The van der Waals surface area contributed by atoms with Gasteiger partial charge in [0.1, 0.15) is 0 Å². The molecule has 1 aromatic heterocycles. The maximum atomic E-state index is 11.9. The lowest BCUT2D eigenvalue weighted by atomic mass is 10.1. The lowest BCUT2D eigenvalue weighted by Gasteiger charge is -2.19. The van der Waals surface area contributed by atoms with E-state index in [0.29, 0.717) is 10.0 Å². The Bertz CT molecular complexity index is 839. The van der Waals surface area contributed by atoms with Gasteiger partial charge in [0.05, 0.1) is 0 Å². The van der Waals surface area contributed by atoms with E-state index in [9.17, 15) is 4.79 Å². The Morgan fingerprint density at radius 1 is 1.21 bits per heavy atom. The van der Waals surface area contributed by atoms with Crippen molar-refractivity contribution in [2.24, 2.45) is 17.8 Å². The van der Waals surface area contributed by atoms with Crippen LogP contribution in [0.1, 0.15) is 17.5 Å². The van der Waals surface area contributed by atoms with Gasteiger partial charge in [-0.15, -0.1) is 0 Å². The molecule has 6 heteroatoms. The first kappa shape index (κ1) is 19.4. The van der Waals surface area contributed by atoms with Gasteiger partial charge in [0, 0.05) is 54.7 Å². The quantitative estimate of drug-likeness (QED) is 0.686. The summed E-state index contributed by atoms with van der Waals surface area (Å²) >= 11 is 12.2. The van der Waals surface area contributed by atoms with E-state index in [-0.39, 0.29) is 5.91 Å². The molecular weight excluding hydrogens is 393 g/mol. The minimum absolute atomic E-state index is 0.0471. The molecule has 4 rings (SSSR count). The number of halogens is 2. The molecule has 2 aromatic rings. The monoisotopic (exact) mass is 415 g/mol. The van der Waals surface area contributed by atoms with Crippen LogP contribution in [0.4, 0.5) is 0 Å². The Kier molecular flexibility index (Phi) is 6.00. The smallest absolute Gasteiger partial charge is 0.244 e. The van der Waals surface area contributed by atoms with Crippen LogP contribution in [0.5, 0.6) is 0 Å². The summed E-state index contributed by atoms with van der Waals surface area (Å²) in [6.45, 7) is 3.87. The van der Waals surface area contributed by atoms with Gasteiger partial charge in [0.2, 0.25) is 5.91 Å². The Balaban J connectivity index is 1.16. The highest BCUT2D eigenvalue weighted by molar-refractivity contribution is 6.34. The molecule has 28 heavy (non-hydrogen) atoms. The Morgan fingerprint density at radius 3 is 2.64 bits per heavy atom. The van der Waals surface area contributed by atoms with Crippen LogP contribution in [-0.4, -0.2) is 35.4 Å². The fourth-order valence-corrected chi connectivity index (χ4v) is 4.89. The van der Waals surface area contributed by atoms with Crippen LogP contribution in [0.3, 0.4) is 0 Å². The Labute approximate surface area is 175 Å². The molecule has 1 aromatic carbocycles. The van der Waals surface area contributed by atoms with Crippen molar-refractivity contribution >= 4 is 35.2 Å².